The van der Waals surface area contributed by atoms with Crippen LogP contribution in [0.1, 0.15) is 38.1 Å². The topological polar surface area (TPSA) is 50.2 Å². The van der Waals surface area contributed by atoms with Gasteiger partial charge in [-0.2, -0.15) is 0 Å². The zero-order valence-corrected chi connectivity index (χ0v) is 11.1. The molecule has 19 heavy (non-hydrogen) atoms. The number of hydrogen-bond donors (Lipinski definition) is 1. The van der Waals surface area contributed by atoms with Crippen molar-refractivity contribution < 1.29 is 0 Å². The van der Waals surface area contributed by atoms with Crippen LogP contribution < -0.4 is 15.8 Å². The van der Waals surface area contributed by atoms with Crippen LogP contribution in [0.3, 0.4) is 0 Å². The molecule has 1 aromatic heterocycles. The van der Waals surface area contributed by atoms with E-state index < -0.39 is 0 Å². The Balaban J connectivity index is 1.64. The van der Waals surface area contributed by atoms with E-state index in [1.165, 1.54) is 12.8 Å². The first-order valence-electron chi connectivity index (χ1n) is 7.39. The van der Waals surface area contributed by atoms with Crippen molar-refractivity contribution in [1.82, 2.24) is 14.9 Å². The van der Waals surface area contributed by atoms with E-state index in [0.717, 1.165) is 32.4 Å². The van der Waals surface area contributed by atoms with Crippen molar-refractivity contribution in [3.63, 3.8) is 0 Å². The first kappa shape index (κ1) is 11.5. The van der Waals surface area contributed by atoms with Crippen LogP contribution in [-0.4, -0.2) is 34.7 Å². The summed E-state index contributed by atoms with van der Waals surface area (Å²) in [6, 6.07) is 1.60. The summed E-state index contributed by atoms with van der Waals surface area (Å²) in [6.07, 6.45) is 9.52. The van der Waals surface area contributed by atoms with E-state index >= 15 is 0 Å². The molecule has 0 radical (unpaired) electrons. The minimum Gasteiger partial charge on any atom is -0.350 e. The van der Waals surface area contributed by atoms with E-state index in [1.807, 2.05) is 10.8 Å². The highest BCUT2D eigenvalue weighted by Crippen LogP contribution is 2.33. The van der Waals surface area contributed by atoms with Gasteiger partial charge in [-0.05, 0) is 32.1 Å². The van der Waals surface area contributed by atoms with Crippen LogP contribution in [0.15, 0.2) is 17.2 Å². The molecule has 2 saturated heterocycles. The molecule has 0 amide bonds. The lowest BCUT2D eigenvalue weighted by atomic mass is 10.1. The lowest BCUT2D eigenvalue weighted by Crippen LogP contribution is -2.39. The van der Waals surface area contributed by atoms with Gasteiger partial charge in [-0.25, -0.2) is 4.98 Å². The maximum absolute atomic E-state index is 12.5. The number of nitrogens with zero attached hydrogens (tertiary/aromatic N) is 3. The van der Waals surface area contributed by atoms with Gasteiger partial charge in [-0.15, -0.1) is 0 Å². The quantitative estimate of drug-likeness (QED) is 0.858. The van der Waals surface area contributed by atoms with Gasteiger partial charge in [0, 0.05) is 43.6 Å². The lowest BCUT2D eigenvalue weighted by molar-refractivity contribution is 0.563. The van der Waals surface area contributed by atoms with Crippen molar-refractivity contribution in [1.29, 1.82) is 0 Å². The Morgan fingerprint density at radius 2 is 2.00 bits per heavy atom. The van der Waals surface area contributed by atoms with Gasteiger partial charge >= 0.3 is 0 Å². The van der Waals surface area contributed by atoms with E-state index in [4.69, 9.17) is 0 Å². The fourth-order valence-corrected chi connectivity index (χ4v) is 3.41. The van der Waals surface area contributed by atoms with Gasteiger partial charge in [0.15, 0.2) is 5.82 Å². The Labute approximate surface area is 112 Å². The monoisotopic (exact) mass is 260 g/mol. The third-order valence-corrected chi connectivity index (χ3v) is 4.61. The molecule has 1 aliphatic carbocycles. The summed E-state index contributed by atoms with van der Waals surface area (Å²) in [4.78, 5) is 19.1. The largest absolute Gasteiger partial charge is 0.350 e. The van der Waals surface area contributed by atoms with Gasteiger partial charge < -0.3 is 14.8 Å². The molecular weight excluding hydrogens is 240 g/mol. The van der Waals surface area contributed by atoms with Crippen LogP contribution in [0, 0.1) is 0 Å². The van der Waals surface area contributed by atoms with Crippen LogP contribution in [-0.2, 0) is 0 Å². The molecule has 1 N–H and O–H groups in total. The molecule has 3 heterocycles. The minimum absolute atomic E-state index is 0.0998. The molecule has 2 unspecified atom stereocenters. The van der Waals surface area contributed by atoms with Gasteiger partial charge in [-0.1, -0.05) is 0 Å². The van der Waals surface area contributed by atoms with Crippen molar-refractivity contribution in [2.24, 2.45) is 0 Å². The first-order chi connectivity index (χ1) is 9.31. The fraction of sp³-hybridized carbons (Fsp3) is 0.714. The third-order valence-electron chi connectivity index (χ3n) is 4.61. The number of rotatable bonds is 2. The molecule has 2 bridgehead atoms. The summed E-state index contributed by atoms with van der Waals surface area (Å²) in [7, 11) is 0. The highest BCUT2D eigenvalue weighted by Gasteiger charge is 2.32. The molecule has 0 spiro atoms. The maximum atomic E-state index is 12.5. The molecule has 102 valence electrons. The standard InChI is InChI=1S/C14H20N4O/c19-14-13(15-6-8-18(14)12-3-4-12)17-7-5-10-1-2-11(9-17)16-10/h6,8,10-12,16H,1-5,7,9H2. The Morgan fingerprint density at radius 1 is 1.16 bits per heavy atom. The Hall–Kier alpha value is -1.36. The Kier molecular flexibility index (Phi) is 2.62. The summed E-state index contributed by atoms with van der Waals surface area (Å²) in [5.74, 6) is 0.656. The van der Waals surface area contributed by atoms with Crippen LogP contribution in [0.2, 0.25) is 0 Å². The fourth-order valence-electron chi connectivity index (χ4n) is 3.41. The van der Waals surface area contributed by atoms with Gasteiger partial charge in [0.1, 0.15) is 0 Å². The summed E-state index contributed by atoms with van der Waals surface area (Å²) >= 11 is 0. The first-order valence-corrected chi connectivity index (χ1v) is 7.39. The number of fused-ring (bicyclic) bond motifs is 2. The highest BCUT2D eigenvalue weighted by molar-refractivity contribution is 5.37. The maximum Gasteiger partial charge on any atom is 0.293 e. The molecule has 2 atom stereocenters. The molecule has 3 fully saturated rings. The van der Waals surface area contributed by atoms with E-state index in [-0.39, 0.29) is 5.56 Å². The molecule has 2 aliphatic heterocycles. The molecule has 3 aliphatic rings. The SMILES string of the molecule is O=c1c(N2CCC3CCC(C2)N3)nccn1C1CC1. The van der Waals surface area contributed by atoms with Crippen molar-refractivity contribution in [3.05, 3.63) is 22.7 Å². The van der Waals surface area contributed by atoms with Gasteiger partial charge in [0.2, 0.25) is 0 Å². The number of nitrogens with one attached hydrogen (secondary N) is 1. The Morgan fingerprint density at radius 3 is 2.84 bits per heavy atom. The van der Waals surface area contributed by atoms with Crippen LogP contribution in [0.25, 0.3) is 0 Å². The van der Waals surface area contributed by atoms with Crippen molar-refractivity contribution in [3.8, 4) is 0 Å². The van der Waals surface area contributed by atoms with Crippen molar-refractivity contribution in [2.45, 2.75) is 50.2 Å². The number of anilines is 1. The second-order valence-corrected chi connectivity index (χ2v) is 6.07. The molecule has 4 rings (SSSR count). The molecular formula is C14H20N4O. The van der Waals surface area contributed by atoms with Gasteiger partial charge in [0.25, 0.3) is 5.56 Å². The zero-order valence-electron chi connectivity index (χ0n) is 11.1. The molecule has 0 aromatic carbocycles. The second kappa shape index (κ2) is 4.34. The molecule has 5 nitrogen and oxygen atoms in total. The van der Waals surface area contributed by atoms with E-state index in [0.29, 0.717) is 23.9 Å². The molecule has 5 heteroatoms. The summed E-state index contributed by atoms with van der Waals surface area (Å²) in [5, 5.41) is 3.64. The summed E-state index contributed by atoms with van der Waals surface area (Å²) < 4.78 is 1.87. The van der Waals surface area contributed by atoms with Crippen molar-refractivity contribution in [2.75, 3.05) is 18.0 Å². The summed E-state index contributed by atoms with van der Waals surface area (Å²) in [6.45, 7) is 1.87. The molecule has 1 aromatic rings. The lowest BCUT2D eigenvalue weighted by Gasteiger charge is -2.25. The predicted octanol–water partition coefficient (Wildman–Crippen LogP) is 0.909. The average molecular weight is 260 g/mol. The smallest absolute Gasteiger partial charge is 0.293 e. The molecule has 1 saturated carbocycles. The number of hydrogen-bond acceptors (Lipinski definition) is 4. The normalized spacial score (nSPS) is 30.4. The second-order valence-electron chi connectivity index (χ2n) is 6.07. The van der Waals surface area contributed by atoms with E-state index in [9.17, 15) is 4.79 Å². The average Bonchev–Trinajstić information content (AvgIpc) is 3.16. The predicted molar refractivity (Wildman–Crippen MR) is 73.5 cm³/mol. The van der Waals surface area contributed by atoms with Crippen LogP contribution in [0.5, 0.6) is 0 Å². The summed E-state index contributed by atoms with van der Waals surface area (Å²) in [5.41, 5.74) is 0.0998. The Bertz CT molecular complexity index is 536. The highest BCUT2D eigenvalue weighted by atomic mass is 16.1. The number of aromatic nitrogens is 2. The minimum atomic E-state index is 0.0998. The van der Waals surface area contributed by atoms with Gasteiger partial charge in [0.05, 0.1) is 0 Å². The third kappa shape index (κ3) is 2.06. The van der Waals surface area contributed by atoms with Gasteiger partial charge in [-0.3, -0.25) is 4.79 Å². The van der Waals surface area contributed by atoms with E-state index in [1.54, 1.807) is 6.20 Å². The zero-order chi connectivity index (χ0) is 12.8. The van der Waals surface area contributed by atoms with E-state index in [2.05, 4.69) is 15.2 Å². The van der Waals surface area contributed by atoms with Crippen LogP contribution in [0.4, 0.5) is 5.82 Å². The van der Waals surface area contributed by atoms with Crippen LogP contribution >= 0.6 is 0 Å². The van der Waals surface area contributed by atoms with Crippen molar-refractivity contribution >= 4 is 5.82 Å².